The van der Waals surface area contributed by atoms with Gasteiger partial charge in [-0.2, -0.15) is 9.78 Å². The van der Waals surface area contributed by atoms with Gasteiger partial charge in [-0.3, -0.25) is 4.98 Å². The highest BCUT2D eigenvalue weighted by Gasteiger charge is 2.40. The standard InChI is InChI=1S/C15H17N5O/c21-15(19-14-6-12-5-10(14)7-17-12)20-9-11(8-18-20)13-3-1-2-4-16-13/h1-4,8-10,12,14,17H,5-7H2,(H,19,21). The lowest BCUT2D eigenvalue weighted by molar-refractivity contribution is 0.230. The molecule has 2 aliphatic rings. The van der Waals surface area contributed by atoms with Gasteiger partial charge < -0.3 is 10.6 Å². The number of nitrogens with one attached hydrogen (secondary N) is 2. The number of rotatable bonds is 2. The number of fused-ring (bicyclic) bond motifs is 2. The first-order chi connectivity index (χ1) is 10.3. The van der Waals surface area contributed by atoms with Crippen LogP contribution in [-0.4, -0.2) is 39.4 Å². The fraction of sp³-hybridized carbons (Fsp3) is 0.400. The molecule has 21 heavy (non-hydrogen) atoms. The van der Waals surface area contributed by atoms with Gasteiger partial charge in [-0.25, -0.2) is 4.79 Å². The SMILES string of the molecule is O=C(NC1CC2CC1CN2)n1cc(-c2ccccn2)cn1. The fourth-order valence-electron chi connectivity index (χ4n) is 3.34. The summed E-state index contributed by atoms with van der Waals surface area (Å²) >= 11 is 0. The molecule has 108 valence electrons. The lowest BCUT2D eigenvalue weighted by Gasteiger charge is -2.23. The lowest BCUT2D eigenvalue weighted by atomic mass is 10.0. The maximum Gasteiger partial charge on any atom is 0.342 e. The van der Waals surface area contributed by atoms with Crippen molar-refractivity contribution in [1.82, 2.24) is 25.4 Å². The Bertz CT molecular complexity index is 653. The summed E-state index contributed by atoms with van der Waals surface area (Å²) in [6.07, 6.45) is 7.32. The monoisotopic (exact) mass is 283 g/mol. The van der Waals surface area contributed by atoms with Gasteiger partial charge in [0.25, 0.3) is 0 Å². The topological polar surface area (TPSA) is 71.8 Å². The molecule has 2 aromatic heterocycles. The van der Waals surface area contributed by atoms with Gasteiger partial charge >= 0.3 is 6.03 Å². The van der Waals surface area contributed by atoms with Crippen LogP contribution in [0.1, 0.15) is 12.8 Å². The zero-order chi connectivity index (χ0) is 14.2. The fourth-order valence-corrected chi connectivity index (χ4v) is 3.34. The molecule has 3 atom stereocenters. The molecular formula is C15H17N5O. The van der Waals surface area contributed by atoms with Gasteiger partial charge in [-0.1, -0.05) is 6.07 Å². The van der Waals surface area contributed by atoms with E-state index < -0.39 is 0 Å². The van der Waals surface area contributed by atoms with Crippen LogP contribution in [0.5, 0.6) is 0 Å². The Kier molecular flexibility index (Phi) is 2.96. The Labute approximate surface area is 122 Å². The number of piperidine rings is 1. The first kappa shape index (κ1) is 12.5. The highest BCUT2D eigenvalue weighted by atomic mass is 16.2. The summed E-state index contributed by atoms with van der Waals surface area (Å²) in [6, 6.07) is 6.37. The van der Waals surface area contributed by atoms with Gasteiger partial charge in [0, 0.05) is 36.6 Å². The van der Waals surface area contributed by atoms with Crippen LogP contribution in [0, 0.1) is 5.92 Å². The summed E-state index contributed by atoms with van der Waals surface area (Å²) in [4.78, 5) is 16.5. The van der Waals surface area contributed by atoms with Gasteiger partial charge in [0.15, 0.2) is 0 Å². The third-order valence-electron chi connectivity index (χ3n) is 4.42. The number of aromatic nitrogens is 3. The molecule has 3 unspecified atom stereocenters. The third kappa shape index (κ3) is 2.31. The minimum Gasteiger partial charge on any atom is -0.333 e. The summed E-state index contributed by atoms with van der Waals surface area (Å²) in [7, 11) is 0. The maximum absolute atomic E-state index is 12.3. The highest BCUT2D eigenvalue weighted by molar-refractivity contribution is 5.77. The van der Waals surface area contributed by atoms with Gasteiger partial charge in [-0.05, 0) is 30.9 Å². The number of carbonyl (C=O) groups is 1. The smallest absolute Gasteiger partial charge is 0.333 e. The summed E-state index contributed by atoms with van der Waals surface area (Å²) in [5.74, 6) is 0.560. The van der Waals surface area contributed by atoms with Crippen molar-refractivity contribution < 1.29 is 4.79 Å². The number of hydrogen-bond donors (Lipinski definition) is 2. The average Bonchev–Trinajstić information content (AvgIpc) is 3.24. The largest absolute Gasteiger partial charge is 0.342 e. The molecule has 2 fully saturated rings. The van der Waals surface area contributed by atoms with Gasteiger partial charge in [-0.15, -0.1) is 0 Å². The molecule has 2 bridgehead atoms. The number of carbonyl (C=O) groups excluding carboxylic acids is 1. The summed E-state index contributed by atoms with van der Waals surface area (Å²) in [5.41, 5.74) is 1.67. The van der Waals surface area contributed by atoms with Crippen molar-refractivity contribution in [2.45, 2.75) is 24.9 Å². The van der Waals surface area contributed by atoms with Gasteiger partial charge in [0.2, 0.25) is 0 Å². The molecule has 6 nitrogen and oxygen atoms in total. The van der Waals surface area contributed by atoms with Crippen molar-refractivity contribution in [1.29, 1.82) is 0 Å². The van der Waals surface area contributed by atoms with Crippen LogP contribution in [0.15, 0.2) is 36.8 Å². The Morgan fingerprint density at radius 3 is 3.05 bits per heavy atom. The minimum atomic E-state index is -0.158. The van der Waals surface area contributed by atoms with E-state index in [1.54, 1.807) is 18.6 Å². The molecule has 0 aromatic carbocycles. The van der Waals surface area contributed by atoms with Crippen molar-refractivity contribution >= 4 is 6.03 Å². The van der Waals surface area contributed by atoms with E-state index >= 15 is 0 Å². The molecule has 1 amide bonds. The van der Waals surface area contributed by atoms with E-state index in [0.29, 0.717) is 12.0 Å². The Balaban J connectivity index is 1.47. The first-order valence-corrected chi connectivity index (χ1v) is 7.30. The predicted molar refractivity (Wildman–Crippen MR) is 77.7 cm³/mol. The minimum absolute atomic E-state index is 0.158. The van der Waals surface area contributed by atoms with Crippen molar-refractivity contribution in [3.05, 3.63) is 36.8 Å². The third-order valence-corrected chi connectivity index (χ3v) is 4.42. The zero-order valence-corrected chi connectivity index (χ0v) is 11.6. The maximum atomic E-state index is 12.3. The molecule has 1 aliphatic carbocycles. The normalized spacial score (nSPS) is 27.0. The lowest BCUT2D eigenvalue weighted by Crippen LogP contribution is -2.45. The van der Waals surface area contributed by atoms with Crippen LogP contribution in [-0.2, 0) is 0 Å². The second kappa shape index (κ2) is 4.96. The van der Waals surface area contributed by atoms with Crippen LogP contribution < -0.4 is 10.6 Å². The van der Waals surface area contributed by atoms with E-state index in [1.165, 1.54) is 11.1 Å². The number of amides is 1. The molecule has 0 radical (unpaired) electrons. The highest BCUT2D eigenvalue weighted by Crippen LogP contribution is 2.31. The molecule has 3 heterocycles. The van der Waals surface area contributed by atoms with Crippen molar-refractivity contribution in [3.8, 4) is 11.3 Å². The second-order valence-corrected chi connectivity index (χ2v) is 5.78. The van der Waals surface area contributed by atoms with Crippen LogP contribution in [0.25, 0.3) is 11.3 Å². The zero-order valence-electron chi connectivity index (χ0n) is 11.6. The van der Waals surface area contributed by atoms with E-state index in [9.17, 15) is 4.79 Å². The van der Waals surface area contributed by atoms with Gasteiger partial charge in [0.05, 0.1) is 11.9 Å². The molecule has 1 saturated carbocycles. The molecule has 6 heteroatoms. The van der Waals surface area contributed by atoms with Crippen LogP contribution in [0.4, 0.5) is 4.79 Å². The molecule has 2 N–H and O–H groups in total. The van der Waals surface area contributed by atoms with Crippen molar-refractivity contribution in [2.75, 3.05) is 6.54 Å². The van der Waals surface area contributed by atoms with Crippen molar-refractivity contribution in [2.24, 2.45) is 5.92 Å². The van der Waals surface area contributed by atoms with E-state index in [1.807, 2.05) is 18.2 Å². The summed E-state index contributed by atoms with van der Waals surface area (Å²) in [6.45, 7) is 1.01. The number of pyridine rings is 1. The van der Waals surface area contributed by atoms with Crippen molar-refractivity contribution in [3.63, 3.8) is 0 Å². The Hall–Kier alpha value is -2.21. The van der Waals surface area contributed by atoms with Crippen LogP contribution in [0.3, 0.4) is 0 Å². The second-order valence-electron chi connectivity index (χ2n) is 5.78. The Morgan fingerprint density at radius 1 is 1.38 bits per heavy atom. The number of hydrogen-bond acceptors (Lipinski definition) is 4. The van der Waals surface area contributed by atoms with Crippen LogP contribution in [0.2, 0.25) is 0 Å². The Morgan fingerprint density at radius 2 is 2.33 bits per heavy atom. The van der Waals surface area contributed by atoms with Gasteiger partial charge in [0.1, 0.15) is 0 Å². The first-order valence-electron chi connectivity index (χ1n) is 7.30. The van der Waals surface area contributed by atoms with E-state index in [-0.39, 0.29) is 12.1 Å². The molecule has 1 saturated heterocycles. The van der Waals surface area contributed by atoms with Crippen LogP contribution >= 0.6 is 0 Å². The van der Waals surface area contributed by atoms with E-state index in [2.05, 4.69) is 20.7 Å². The van der Waals surface area contributed by atoms with E-state index in [0.717, 1.165) is 24.2 Å². The predicted octanol–water partition coefficient (Wildman–Crippen LogP) is 1.25. The molecule has 4 rings (SSSR count). The molecular weight excluding hydrogens is 266 g/mol. The quantitative estimate of drug-likeness (QED) is 0.870. The molecule has 2 aromatic rings. The molecule has 0 spiro atoms. The average molecular weight is 283 g/mol. The van der Waals surface area contributed by atoms with E-state index in [4.69, 9.17) is 0 Å². The summed E-state index contributed by atoms with van der Waals surface area (Å²) < 4.78 is 1.36. The number of nitrogens with zero attached hydrogens (tertiary/aromatic N) is 3. The molecule has 1 aliphatic heterocycles. The summed E-state index contributed by atoms with van der Waals surface area (Å²) in [5, 5.41) is 10.7.